The molecule has 122 valence electrons. The summed E-state index contributed by atoms with van der Waals surface area (Å²) in [5.74, 6) is 1.01. The van der Waals surface area contributed by atoms with Gasteiger partial charge in [-0.25, -0.2) is 0 Å². The SMILES string of the molecule is CCCCOc1ccc(CN2CCN3CCC[C@@H]3[C@H]2C)cc1. The van der Waals surface area contributed by atoms with Crippen LogP contribution in [0.5, 0.6) is 5.75 Å². The van der Waals surface area contributed by atoms with Crippen LogP contribution < -0.4 is 4.74 Å². The van der Waals surface area contributed by atoms with E-state index in [0.717, 1.165) is 31.4 Å². The molecule has 22 heavy (non-hydrogen) atoms. The van der Waals surface area contributed by atoms with Gasteiger partial charge in [-0.05, 0) is 50.4 Å². The highest BCUT2D eigenvalue weighted by atomic mass is 16.5. The first-order valence-electron chi connectivity index (χ1n) is 8.98. The molecule has 0 saturated carbocycles. The highest BCUT2D eigenvalue weighted by molar-refractivity contribution is 5.27. The molecule has 3 heteroatoms. The first-order chi connectivity index (χ1) is 10.8. The Hall–Kier alpha value is -1.06. The third-order valence-electron chi connectivity index (χ3n) is 5.30. The van der Waals surface area contributed by atoms with Gasteiger partial charge >= 0.3 is 0 Å². The van der Waals surface area contributed by atoms with Crippen molar-refractivity contribution in [3.63, 3.8) is 0 Å². The molecule has 0 aliphatic carbocycles. The van der Waals surface area contributed by atoms with Crippen molar-refractivity contribution in [1.29, 1.82) is 0 Å². The highest BCUT2D eigenvalue weighted by Gasteiger charge is 2.36. The number of hydrogen-bond acceptors (Lipinski definition) is 3. The highest BCUT2D eigenvalue weighted by Crippen LogP contribution is 2.27. The summed E-state index contributed by atoms with van der Waals surface area (Å²) in [6, 6.07) is 10.2. The fraction of sp³-hybridized carbons (Fsp3) is 0.684. The number of ether oxygens (including phenoxy) is 1. The Morgan fingerprint density at radius 2 is 1.95 bits per heavy atom. The molecule has 0 N–H and O–H groups in total. The van der Waals surface area contributed by atoms with E-state index in [4.69, 9.17) is 4.74 Å². The maximum Gasteiger partial charge on any atom is 0.119 e. The van der Waals surface area contributed by atoms with Gasteiger partial charge in [0, 0.05) is 31.7 Å². The lowest BCUT2D eigenvalue weighted by atomic mass is 10.0. The second-order valence-corrected chi connectivity index (χ2v) is 6.80. The molecule has 3 nitrogen and oxygen atoms in total. The molecule has 0 bridgehead atoms. The summed E-state index contributed by atoms with van der Waals surface area (Å²) < 4.78 is 5.75. The summed E-state index contributed by atoms with van der Waals surface area (Å²) in [5.41, 5.74) is 1.40. The van der Waals surface area contributed by atoms with Crippen molar-refractivity contribution in [3.8, 4) is 5.75 Å². The summed E-state index contributed by atoms with van der Waals surface area (Å²) in [6.45, 7) is 10.3. The Morgan fingerprint density at radius 3 is 2.73 bits per heavy atom. The van der Waals surface area contributed by atoms with Crippen LogP contribution in [0.4, 0.5) is 0 Å². The smallest absolute Gasteiger partial charge is 0.119 e. The molecule has 2 atom stereocenters. The number of piperazine rings is 1. The van der Waals surface area contributed by atoms with Crippen LogP contribution in [0.25, 0.3) is 0 Å². The van der Waals surface area contributed by atoms with Gasteiger partial charge in [0.2, 0.25) is 0 Å². The molecule has 0 unspecified atom stereocenters. The topological polar surface area (TPSA) is 15.7 Å². The molecule has 1 aromatic rings. The van der Waals surface area contributed by atoms with E-state index < -0.39 is 0 Å². The minimum absolute atomic E-state index is 0.678. The van der Waals surface area contributed by atoms with Crippen LogP contribution in [-0.2, 0) is 6.54 Å². The van der Waals surface area contributed by atoms with E-state index in [9.17, 15) is 0 Å². The van der Waals surface area contributed by atoms with Crippen LogP contribution in [-0.4, -0.2) is 48.1 Å². The largest absolute Gasteiger partial charge is 0.494 e. The fourth-order valence-electron chi connectivity index (χ4n) is 3.86. The predicted octanol–water partition coefficient (Wildman–Crippen LogP) is 3.53. The van der Waals surface area contributed by atoms with E-state index >= 15 is 0 Å². The van der Waals surface area contributed by atoms with E-state index in [-0.39, 0.29) is 0 Å². The van der Waals surface area contributed by atoms with E-state index in [1.54, 1.807) is 0 Å². The summed E-state index contributed by atoms with van der Waals surface area (Å²) in [6.07, 6.45) is 5.07. The summed E-state index contributed by atoms with van der Waals surface area (Å²) in [4.78, 5) is 5.34. The maximum absolute atomic E-state index is 5.75. The van der Waals surface area contributed by atoms with Gasteiger partial charge in [-0.2, -0.15) is 0 Å². The van der Waals surface area contributed by atoms with Gasteiger partial charge in [-0.1, -0.05) is 25.5 Å². The second-order valence-electron chi connectivity index (χ2n) is 6.80. The average Bonchev–Trinajstić information content (AvgIpc) is 3.01. The molecule has 2 saturated heterocycles. The predicted molar refractivity (Wildman–Crippen MR) is 91.3 cm³/mol. The Bertz CT molecular complexity index is 459. The molecule has 2 aliphatic heterocycles. The second kappa shape index (κ2) is 7.47. The normalized spacial score (nSPS) is 26.1. The van der Waals surface area contributed by atoms with Gasteiger partial charge in [0.1, 0.15) is 5.75 Å². The molecule has 1 aromatic carbocycles. The molecule has 2 fully saturated rings. The lowest BCUT2D eigenvalue weighted by Gasteiger charge is -2.43. The Labute approximate surface area is 135 Å². The van der Waals surface area contributed by atoms with Gasteiger partial charge in [0.25, 0.3) is 0 Å². The lowest BCUT2D eigenvalue weighted by Crippen LogP contribution is -2.55. The first-order valence-corrected chi connectivity index (χ1v) is 8.98. The van der Waals surface area contributed by atoms with Crippen LogP contribution in [0.2, 0.25) is 0 Å². The van der Waals surface area contributed by atoms with E-state index in [0.29, 0.717) is 6.04 Å². The van der Waals surface area contributed by atoms with Crippen molar-refractivity contribution in [2.75, 3.05) is 26.2 Å². The zero-order valence-corrected chi connectivity index (χ0v) is 14.1. The lowest BCUT2D eigenvalue weighted by molar-refractivity contribution is 0.0470. The number of nitrogens with zero attached hydrogens (tertiary/aromatic N) is 2. The van der Waals surface area contributed by atoms with Crippen molar-refractivity contribution in [3.05, 3.63) is 29.8 Å². The van der Waals surface area contributed by atoms with Crippen LogP contribution in [0, 0.1) is 0 Å². The van der Waals surface area contributed by atoms with Crippen molar-refractivity contribution in [2.24, 2.45) is 0 Å². The average molecular weight is 302 g/mol. The molecular weight excluding hydrogens is 272 g/mol. The van der Waals surface area contributed by atoms with Gasteiger partial charge in [0.15, 0.2) is 0 Å². The Kier molecular flexibility index (Phi) is 5.37. The number of unbranched alkanes of at least 4 members (excludes halogenated alkanes) is 1. The molecule has 3 rings (SSSR count). The van der Waals surface area contributed by atoms with Crippen molar-refractivity contribution in [2.45, 2.75) is 58.2 Å². The van der Waals surface area contributed by atoms with Crippen LogP contribution in [0.1, 0.15) is 45.1 Å². The van der Waals surface area contributed by atoms with Crippen molar-refractivity contribution in [1.82, 2.24) is 9.80 Å². The van der Waals surface area contributed by atoms with Crippen LogP contribution in [0.15, 0.2) is 24.3 Å². The van der Waals surface area contributed by atoms with Gasteiger partial charge in [0.05, 0.1) is 6.61 Å². The molecule has 2 aliphatic rings. The molecule has 0 radical (unpaired) electrons. The van der Waals surface area contributed by atoms with E-state index in [1.807, 2.05) is 0 Å². The molecule has 0 spiro atoms. The molecule has 2 heterocycles. The molecule has 0 aromatic heterocycles. The number of benzene rings is 1. The van der Waals surface area contributed by atoms with Gasteiger partial charge in [-0.15, -0.1) is 0 Å². The summed E-state index contributed by atoms with van der Waals surface area (Å²) in [7, 11) is 0. The first kappa shape index (κ1) is 15.8. The van der Waals surface area contributed by atoms with Crippen LogP contribution in [0.3, 0.4) is 0 Å². The number of hydrogen-bond donors (Lipinski definition) is 0. The number of fused-ring (bicyclic) bond motifs is 1. The van der Waals surface area contributed by atoms with Crippen LogP contribution >= 0.6 is 0 Å². The zero-order valence-electron chi connectivity index (χ0n) is 14.1. The quantitative estimate of drug-likeness (QED) is 0.748. The Morgan fingerprint density at radius 1 is 1.14 bits per heavy atom. The van der Waals surface area contributed by atoms with Gasteiger partial charge < -0.3 is 4.74 Å². The standard InChI is InChI=1S/C19H30N2O/c1-3-4-14-22-18-9-7-17(8-10-18)15-21-13-12-20-11-5-6-19(20)16(21)2/h7-10,16,19H,3-6,11-15H2,1-2H3/t16-,19-/m1/s1. The van der Waals surface area contributed by atoms with Gasteiger partial charge in [-0.3, -0.25) is 9.80 Å². The zero-order chi connectivity index (χ0) is 15.4. The molecule has 0 amide bonds. The minimum atomic E-state index is 0.678. The third kappa shape index (κ3) is 3.64. The van der Waals surface area contributed by atoms with E-state index in [2.05, 4.69) is 47.9 Å². The number of rotatable bonds is 6. The minimum Gasteiger partial charge on any atom is -0.494 e. The maximum atomic E-state index is 5.75. The monoisotopic (exact) mass is 302 g/mol. The van der Waals surface area contributed by atoms with E-state index in [1.165, 1.54) is 44.5 Å². The summed E-state index contributed by atoms with van der Waals surface area (Å²) >= 11 is 0. The Balaban J connectivity index is 1.54. The molecular formula is C19H30N2O. The third-order valence-corrected chi connectivity index (χ3v) is 5.30. The van der Waals surface area contributed by atoms with Crippen molar-refractivity contribution < 1.29 is 4.74 Å². The van der Waals surface area contributed by atoms with Crippen molar-refractivity contribution >= 4 is 0 Å². The summed E-state index contributed by atoms with van der Waals surface area (Å²) in [5, 5.41) is 0. The fourth-order valence-corrected chi connectivity index (χ4v) is 3.86.